The van der Waals surface area contributed by atoms with Gasteiger partial charge in [0, 0.05) is 29.2 Å². The monoisotopic (exact) mass is 473 g/mol. The average Bonchev–Trinajstić information content (AvgIpc) is 3.17. The summed E-state index contributed by atoms with van der Waals surface area (Å²) in [5.41, 5.74) is 2.13. The molecule has 0 bridgehead atoms. The third-order valence-corrected chi connectivity index (χ3v) is 7.26. The fourth-order valence-corrected chi connectivity index (χ4v) is 4.73. The van der Waals surface area contributed by atoms with Crippen LogP contribution in [0.15, 0.2) is 34.8 Å². The molecule has 1 aliphatic heterocycles. The first kappa shape index (κ1) is 27.2. The third kappa shape index (κ3) is 8.04. The van der Waals surface area contributed by atoms with Crippen molar-refractivity contribution in [1.82, 2.24) is 4.98 Å². The van der Waals surface area contributed by atoms with Crippen LogP contribution in [-0.4, -0.2) is 34.1 Å². The second kappa shape index (κ2) is 11.9. The molecule has 2 heterocycles. The summed E-state index contributed by atoms with van der Waals surface area (Å²) in [5, 5.41) is 13.7. The number of carbonyl (C=O) groups excluding carboxylic acids is 2. The summed E-state index contributed by atoms with van der Waals surface area (Å²) >= 11 is 1.58. The van der Waals surface area contributed by atoms with Crippen LogP contribution in [0.1, 0.15) is 77.9 Å². The zero-order valence-electron chi connectivity index (χ0n) is 21.1. The average molecular weight is 474 g/mol. The molecule has 33 heavy (non-hydrogen) atoms. The summed E-state index contributed by atoms with van der Waals surface area (Å²) in [7, 11) is 0. The van der Waals surface area contributed by atoms with Crippen LogP contribution in [0.25, 0.3) is 6.08 Å². The van der Waals surface area contributed by atoms with Gasteiger partial charge in [0.05, 0.1) is 16.8 Å². The van der Waals surface area contributed by atoms with E-state index in [4.69, 9.17) is 4.74 Å². The van der Waals surface area contributed by atoms with Crippen LogP contribution in [0.4, 0.5) is 0 Å². The van der Waals surface area contributed by atoms with Gasteiger partial charge in [-0.3, -0.25) is 4.79 Å². The summed E-state index contributed by atoms with van der Waals surface area (Å²) in [5.74, 6) is -1.06. The Morgan fingerprint density at radius 1 is 1.27 bits per heavy atom. The van der Waals surface area contributed by atoms with Crippen LogP contribution in [0.2, 0.25) is 0 Å². The van der Waals surface area contributed by atoms with Crippen molar-refractivity contribution < 1.29 is 19.4 Å². The molecule has 1 N–H and O–H groups in total. The lowest BCUT2D eigenvalue weighted by Crippen LogP contribution is -2.38. The van der Waals surface area contributed by atoms with Gasteiger partial charge in [0.15, 0.2) is 0 Å². The maximum absolute atomic E-state index is 13.1. The molecule has 0 spiro atoms. The smallest absolute Gasteiger partial charge is 0.331 e. The van der Waals surface area contributed by atoms with E-state index in [-0.39, 0.29) is 11.7 Å². The standard InChI is InChI=1S/C27H39NO4S/c1-17-9-8-10-18(2)25(30)20(4)26(31)27(6,7)14-13-24(29)32-23(12-11-17)19(3)15-22-16-33-21(5)28-22/h11,13-16,18,20,23,25,30H,8-10,12H2,1-7H3/b14-13+,17-11-,19-15+/t18-,20+,23-,25-/m0/s1. The molecule has 4 atom stereocenters. The number of Topliss-reactive ketones (excluding diaryl/α,β-unsaturated/α-hetero) is 1. The van der Waals surface area contributed by atoms with E-state index in [0.29, 0.717) is 6.42 Å². The highest BCUT2D eigenvalue weighted by Crippen LogP contribution is 2.29. The van der Waals surface area contributed by atoms with Crippen molar-refractivity contribution in [3.05, 3.63) is 45.5 Å². The predicted octanol–water partition coefficient (Wildman–Crippen LogP) is 6.07. The van der Waals surface area contributed by atoms with Crippen molar-refractivity contribution in [3.63, 3.8) is 0 Å². The second-order valence-electron chi connectivity index (χ2n) is 9.96. The van der Waals surface area contributed by atoms with Gasteiger partial charge in [-0.05, 0) is 71.4 Å². The van der Waals surface area contributed by atoms with E-state index < -0.39 is 29.5 Å². The van der Waals surface area contributed by atoms with Crippen molar-refractivity contribution >= 4 is 29.2 Å². The predicted molar refractivity (Wildman–Crippen MR) is 135 cm³/mol. The van der Waals surface area contributed by atoms with E-state index in [0.717, 1.165) is 35.5 Å². The number of cyclic esters (lactones) is 1. The van der Waals surface area contributed by atoms with E-state index in [2.05, 4.69) is 18.0 Å². The van der Waals surface area contributed by atoms with Gasteiger partial charge in [0.1, 0.15) is 11.9 Å². The molecule has 0 fully saturated rings. The SMILES string of the molecule is C/C1=C/C[C@@H](/C(C)=C/c2csc(C)n2)OC(=O)/C=C/C(C)(C)C(=O)[C@H](C)[C@@H](O)[C@@H](C)CCC1. The first-order valence-electron chi connectivity index (χ1n) is 11.8. The molecule has 0 amide bonds. The lowest BCUT2D eigenvalue weighted by Gasteiger charge is -2.29. The van der Waals surface area contributed by atoms with Gasteiger partial charge in [-0.2, -0.15) is 0 Å². The highest BCUT2D eigenvalue weighted by Gasteiger charge is 2.35. The molecule has 0 radical (unpaired) electrons. The Balaban J connectivity index is 2.33. The van der Waals surface area contributed by atoms with Crippen molar-refractivity contribution in [2.75, 3.05) is 0 Å². The Morgan fingerprint density at radius 3 is 2.61 bits per heavy atom. The fraction of sp³-hybridized carbons (Fsp3) is 0.593. The van der Waals surface area contributed by atoms with Crippen molar-refractivity contribution in [2.45, 2.75) is 86.4 Å². The molecule has 0 unspecified atom stereocenters. The van der Waals surface area contributed by atoms with Crippen LogP contribution in [0.5, 0.6) is 0 Å². The van der Waals surface area contributed by atoms with E-state index in [1.807, 2.05) is 32.2 Å². The van der Waals surface area contributed by atoms with Gasteiger partial charge >= 0.3 is 5.97 Å². The summed E-state index contributed by atoms with van der Waals surface area (Å²) in [6, 6.07) is 0. The number of aromatic nitrogens is 1. The number of thiazole rings is 1. The Kier molecular flexibility index (Phi) is 9.80. The largest absolute Gasteiger partial charge is 0.454 e. The molecule has 1 aromatic heterocycles. The summed E-state index contributed by atoms with van der Waals surface area (Å²) in [4.78, 5) is 30.2. The van der Waals surface area contributed by atoms with E-state index in [1.54, 1.807) is 38.2 Å². The number of esters is 1. The molecular formula is C27H39NO4S. The molecular weight excluding hydrogens is 434 g/mol. The van der Waals surface area contributed by atoms with Gasteiger partial charge in [-0.15, -0.1) is 11.3 Å². The minimum Gasteiger partial charge on any atom is -0.454 e. The molecule has 0 saturated carbocycles. The number of aryl methyl sites for hydroxylation is 1. The zero-order valence-corrected chi connectivity index (χ0v) is 21.9. The number of rotatable bonds is 2. The number of hydrogen-bond acceptors (Lipinski definition) is 6. The molecule has 182 valence electrons. The molecule has 0 aliphatic carbocycles. The zero-order chi connectivity index (χ0) is 24.8. The summed E-state index contributed by atoms with van der Waals surface area (Å²) in [6.07, 6.45) is 9.18. The van der Waals surface area contributed by atoms with E-state index >= 15 is 0 Å². The Bertz CT molecular complexity index is 924. The number of aliphatic hydroxyl groups excluding tert-OH is 1. The van der Waals surface area contributed by atoms with Crippen molar-refractivity contribution in [1.29, 1.82) is 0 Å². The molecule has 1 aliphatic rings. The molecule has 6 heteroatoms. The fourth-order valence-electron chi connectivity index (χ4n) is 4.16. The normalized spacial score (nSPS) is 30.9. The highest BCUT2D eigenvalue weighted by atomic mass is 32.1. The first-order valence-corrected chi connectivity index (χ1v) is 12.7. The summed E-state index contributed by atoms with van der Waals surface area (Å²) < 4.78 is 5.81. The minimum atomic E-state index is -0.884. The molecule has 0 saturated heterocycles. The van der Waals surface area contributed by atoms with Crippen LogP contribution in [0, 0.1) is 24.2 Å². The molecule has 1 aromatic rings. The Morgan fingerprint density at radius 2 is 1.97 bits per heavy atom. The lowest BCUT2D eigenvalue weighted by molar-refractivity contribution is -0.141. The van der Waals surface area contributed by atoms with Crippen LogP contribution in [0.3, 0.4) is 0 Å². The van der Waals surface area contributed by atoms with Crippen LogP contribution in [-0.2, 0) is 14.3 Å². The third-order valence-electron chi connectivity index (χ3n) is 6.47. The van der Waals surface area contributed by atoms with Gasteiger partial charge in [0.2, 0.25) is 0 Å². The topological polar surface area (TPSA) is 76.5 Å². The highest BCUT2D eigenvalue weighted by molar-refractivity contribution is 7.09. The van der Waals surface area contributed by atoms with Gasteiger partial charge in [-0.25, -0.2) is 9.78 Å². The van der Waals surface area contributed by atoms with E-state index in [1.165, 1.54) is 11.6 Å². The quantitative estimate of drug-likeness (QED) is 0.417. The number of ether oxygens (including phenoxy) is 1. The van der Waals surface area contributed by atoms with Crippen LogP contribution < -0.4 is 0 Å². The maximum atomic E-state index is 13.1. The summed E-state index contributed by atoms with van der Waals surface area (Å²) in [6.45, 7) is 13.3. The number of aliphatic hydroxyl groups is 1. The minimum absolute atomic E-state index is 0.0221. The Hall–Kier alpha value is -2.05. The lowest BCUT2D eigenvalue weighted by atomic mass is 9.76. The van der Waals surface area contributed by atoms with Gasteiger partial charge in [-0.1, -0.05) is 31.6 Å². The number of carbonyl (C=O) groups is 2. The number of ketones is 1. The van der Waals surface area contributed by atoms with Crippen molar-refractivity contribution in [2.24, 2.45) is 17.3 Å². The van der Waals surface area contributed by atoms with E-state index in [9.17, 15) is 14.7 Å². The first-order chi connectivity index (χ1) is 15.4. The van der Waals surface area contributed by atoms with Crippen LogP contribution >= 0.6 is 11.3 Å². The second-order valence-corrected chi connectivity index (χ2v) is 11.0. The molecule has 0 aromatic carbocycles. The van der Waals surface area contributed by atoms with Gasteiger partial charge < -0.3 is 9.84 Å². The molecule has 5 nitrogen and oxygen atoms in total. The van der Waals surface area contributed by atoms with Gasteiger partial charge in [0.25, 0.3) is 0 Å². The maximum Gasteiger partial charge on any atom is 0.331 e. The number of nitrogens with zero attached hydrogens (tertiary/aromatic N) is 1. The number of hydrogen-bond donors (Lipinski definition) is 1. The van der Waals surface area contributed by atoms with Crippen molar-refractivity contribution in [3.8, 4) is 0 Å². The number of allylic oxidation sites excluding steroid dienone is 2. The Labute approximate surface area is 202 Å². The molecule has 2 rings (SSSR count).